The zero-order valence-corrected chi connectivity index (χ0v) is 10.1. The second kappa shape index (κ2) is 5.59. The summed E-state index contributed by atoms with van der Waals surface area (Å²) in [6, 6.07) is -2.02. The SMILES string of the molecule is O=C1CCC(C(=O)NC(CC2C=NC=N2)C(=O)O)N1. The van der Waals surface area contributed by atoms with Crippen molar-refractivity contribution in [3.63, 3.8) is 0 Å². The maximum absolute atomic E-state index is 11.8. The molecule has 102 valence electrons. The van der Waals surface area contributed by atoms with Gasteiger partial charge in [0.1, 0.15) is 18.4 Å². The largest absolute Gasteiger partial charge is 0.480 e. The van der Waals surface area contributed by atoms with Gasteiger partial charge in [-0.1, -0.05) is 0 Å². The van der Waals surface area contributed by atoms with E-state index in [0.29, 0.717) is 6.42 Å². The molecule has 8 nitrogen and oxygen atoms in total. The maximum Gasteiger partial charge on any atom is 0.326 e. The zero-order valence-electron chi connectivity index (χ0n) is 10.1. The fraction of sp³-hybridized carbons (Fsp3) is 0.545. The molecule has 19 heavy (non-hydrogen) atoms. The molecular formula is C11H14N4O4. The van der Waals surface area contributed by atoms with Gasteiger partial charge in [0, 0.05) is 19.1 Å². The Hall–Kier alpha value is -2.25. The minimum Gasteiger partial charge on any atom is -0.480 e. The Labute approximate surface area is 109 Å². The first-order valence-electron chi connectivity index (χ1n) is 5.94. The minimum atomic E-state index is -1.13. The van der Waals surface area contributed by atoms with Crippen LogP contribution in [0, 0.1) is 0 Å². The van der Waals surface area contributed by atoms with Gasteiger partial charge in [0.25, 0.3) is 0 Å². The number of amides is 2. The molecule has 3 N–H and O–H groups in total. The molecular weight excluding hydrogens is 252 g/mol. The lowest BCUT2D eigenvalue weighted by Crippen LogP contribution is -2.49. The lowest BCUT2D eigenvalue weighted by molar-refractivity contribution is -0.142. The van der Waals surface area contributed by atoms with E-state index in [1.54, 1.807) is 0 Å². The number of aliphatic imine (C=N–C) groups is 2. The van der Waals surface area contributed by atoms with Gasteiger partial charge in [-0.05, 0) is 6.42 Å². The molecule has 0 aliphatic carbocycles. The molecule has 8 heteroatoms. The van der Waals surface area contributed by atoms with Crippen LogP contribution in [0.4, 0.5) is 0 Å². The zero-order chi connectivity index (χ0) is 13.8. The molecule has 0 saturated carbocycles. The van der Waals surface area contributed by atoms with Crippen LogP contribution in [0.25, 0.3) is 0 Å². The predicted molar refractivity (Wildman–Crippen MR) is 66.1 cm³/mol. The monoisotopic (exact) mass is 266 g/mol. The number of carbonyl (C=O) groups is 3. The summed E-state index contributed by atoms with van der Waals surface area (Å²) in [5.41, 5.74) is 0. The highest BCUT2D eigenvalue weighted by atomic mass is 16.4. The fourth-order valence-electron chi connectivity index (χ4n) is 1.97. The standard InChI is InChI=1S/C11H14N4O4/c16-9-2-1-7(14-9)10(17)15-8(11(18)19)3-6-4-12-5-13-6/h4-8H,1-3H2,(H,14,16)(H,15,17)(H,18,19). The average molecular weight is 266 g/mol. The molecule has 0 radical (unpaired) electrons. The molecule has 2 amide bonds. The number of rotatable bonds is 5. The summed E-state index contributed by atoms with van der Waals surface area (Å²) in [5, 5.41) is 14.0. The Balaban J connectivity index is 1.90. The maximum atomic E-state index is 11.8. The van der Waals surface area contributed by atoms with Crippen LogP contribution in [0.3, 0.4) is 0 Å². The molecule has 0 aromatic carbocycles. The van der Waals surface area contributed by atoms with Crippen molar-refractivity contribution in [2.45, 2.75) is 37.4 Å². The van der Waals surface area contributed by atoms with Crippen molar-refractivity contribution in [2.75, 3.05) is 0 Å². The van der Waals surface area contributed by atoms with Gasteiger partial charge in [-0.3, -0.25) is 14.6 Å². The first kappa shape index (κ1) is 13.2. The van der Waals surface area contributed by atoms with Crippen LogP contribution in [0.2, 0.25) is 0 Å². The van der Waals surface area contributed by atoms with Crippen LogP contribution < -0.4 is 10.6 Å². The molecule has 2 aliphatic rings. The quantitative estimate of drug-likeness (QED) is 0.573. The number of carboxylic acids is 1. The van der Waals surface area contributed by atoms with Crippen molar-refractivity contribution < 1.29 is 19.5 Å². The number of aliphatic carboxylic acids is 1. The molecule has 2 heterocycles. The van der Waals surface area contributed by atoms with Crippen molar-refractivity contribution in [3.8, 4) is 0 Å². The van der Waals surface area contributed by atoms with Crippen LogP contribution >= 0.6 is 0 Å². The van der Waals surface area contributed by atoms with Gasteiger partial charge in [-0.25, -0.2) is 9.79 Å². The second-order valence-electron chi connectivity index (χ2n) is 4.42. The number of carbonyl (C=O) groups excluding carboxylic acids is 2. The molecule has 0 aromatic heterocycles. The molecule has 0 aromatic rings. The third kappa shape index (κ3) is 3.36. The van der Waals surface area contributed by atoms with Crippen molar-refractivity contribution >= 4 is 30.3 Å². The van der Waals surface area contributed by atoms with E-state index in [4.69, 9.17) is 5.11 Å². The molecule has 0 spiro atoms. The van der Waals surface area contributed by atoms with E-state index in [-0.39, 0.29) is 24.8 Å². The summed E-state index contributed by atoms with van der Waals surface area (Å²) in [7, 11) is 0. The number of carboxylic acid groups (broad SMARTS) is 1. The van der Waals surface area contributed by atoms with Crippen LogP contribution in [-0.4, -0.2) is 53.6 Å². The number of nitrogens with zero attached hydrogens (tertiary/aromatic N) is 2. The average Bonchev–Trinajstić information content (AvgIpc) is 2.99. The normalized spacial score (nSPS) is 26.2. The lowest BCUT2D eigenvalue weighted by Gasteiger charge is -2.18. The summed E-state index contributed by atoms with van der Waals surface area (Å²) >= 11 is 0. The van der Waals surface area contributed by atoms with E-state index < -0.39 is 24.0 Å². The van der Waals surface area contributed by atoms with Gasteiger partial charge < -0.3 is 15.7 Å². The van der Waals surface area contributed by atoms with E-state index in [1.807, 2.05) is 0 Å². The first-order chi connectivity index (χ1) is 9.06. The van der Waals surface area contributed by atoms with Crippen LogP contribution in [0.5, 0.6) is 0 Å². The van der Waals surface area contributed by atoms with Gasteiger partial charge in [0.05, 0.1) is 6.04 Å². The second-order valence-corrected chi connectivity index (χ2v) is 4.42. The Morgan fingerprint density at radius 1 is 1.58 bits per heavy atom. The van der Waals surface area contributed by atoms with Crippen molar-refractivity contribution in [1.29, 1.82) is 0 Å². The molecule has 2 aliphatic heterocycles. The van der Waals surface area contributed by atoms with Crippen molar-refractivity contribution in [3.05, 3.63) is 0 Å². The van der Waals surface area contributed by atoms with Gasteiger partial charge in [0.15, 0.2) is 0 Å². The molecule has 3 unspecified atom stereocenters. The topological polar surface area (TPSA) is 120 Å². The van der Waals surface area contributed by atoms with E-state index in [9.17, 15) is 14.4 Å². The first-order valence-corrected chi connectivity index (χ1v) is 5.94. The highest BCUT2D eigenvalue weighted by molar-refractivity contribution is 5.93. The van der Waals surface area contributed by atoms with Crippen LogP contribution in [0.1, 0.15) is 19.3 Å². The van der Waals surface area contributed by atoms with E-state index in [1.165, 1.54) is 12.6 Å². The fourth-order valence-corrected chi connectivity index (χ4v) is 1.97. The van der Waals surface area contributed by atoms with E-state index >= 15 is 0 Å². The molecule has 3 atom stereocenters. The third-order valence-electron chi connectivity index (χ3n) is 2.99. The Morgan fingerprint density at radius 3 is 2.89 bits per heavy atom. The highest BCUT2D eigenvalue weighted by Gasteiger charge is 2.31. The summed E-state index contributed by atoms with van der Waals surface area (Å²) in [5.74, 6) is -1.80. The van der Waals surface area contributed by atoms with Crippen molar-refractivity contribution in [1.82, 2.24) is 10.6 Å². The Bertz CT molecular complexity index is 448. The van der Waals surface area contributed by atoms with Crippen LogP contribution in [-0.2, 0) is 14.4 Å². The summed E-state index contributed by atoms with van der Waals surface area (Å²) in [6.45, 7) is 0. The van der Waals surface area contributed by atoms with Gasteiger partial charge in [-0.2, -0.15) is 0 Å². The molecule has 1 fully saturated rings. The number of nitrogens with one attached hydrogen (secondary N) is 2. The molecule has 2 rings (SSSR count). The van der Waals surface area contributed by atoms with Gasteiger partial charge >= 0.3 is 5.97 Å². The summed E-state index contributed by atoms with van der Waals surface area (Å²) in [6.07, 6.45) is 3.69. The van der Waals surface area contributed by atoms with E-state index in [0.717, 1.165) is 0 Å². The van der Waals surface area contributed by atoms with Crippen LogP contribution in [0.15, 0.2) is 9.98 Å². The summed E-state index contributed by atoms with van der Waals surface area (Å²) in [4.78, 5) is 41.6. The molecule has 0 bridgehead atoms. The third-order valence-corrected chi connectivity index (χ3v) is 2.99. The lowest BCUT2D eigenvalue weighted by atomic mass is 10.1. The number of hydrogen-bond acceptors (Lipinski definition) is 5. The molecule has 1 saturated heterocycles. The summed E-state index contributed by atoms with van der Waals surface area (Å²) < 4.78 is 0. The van der Waals surface area contributed by atoms with Gasteiger partial charge in [-0.15, -0.1) is 0 Å². The predicted octanol–water partition coefficient (Wildman–Crippen LogP) is -1.29. The highest BCUT2D eigenvalue weighted by Crippen LogP contribution is 2.09. The van der Waals surface area contributed by atoms with E-state index in [2.05, 4.69) is 20.6 Å². The smallest absolute Gasteiger partial charge is 0.326 e. The Morgan fingerprint density at radius 2 is 2.37 bits per heavy atom. The number of hydrogen-bond donors (Lipinski definition) is 3. The van der Waals surface area contributed by atoms with Gasteiger partial charge in [0.2, 0.25) is 11.8 Å². The minimum absolute atomic E-state index is 0.141. The Kier molecular flexibility index (Phi) is 3.88. The van der Waals surface area contributed by atoms with Crippen molar-refractivity contribution in [2.24, 2.45) is 9.98 Å².